The first-order chi connectivity index (χ1) is 6.74. The SMILES string of the molecule is NC(=S)Nc1ccccc1C=CCBr. The van der Waals surface area contributed by atoms with E-state index in [0.29, 0.717) is 0 Å². The summed E-state index contributed by atoms with van der Waals surface area (Å²) in [5, 5.41) is 4.03. The third-order valence-electron chi connectivity index (χ3n) is 1.61. The number of halogens is 1. The van der Waals surface area contributed by atoms with Crippen molar-refractivity contribution >= 4 is 45.0 Å². The third-order valence-corrected chi connectivity index (χ3v) is 2.08. The number of nitrogens with two attached hydrogens (primary N) is 1. The van der Waals surface area contributed by atoms with E-state index in [4.69, 9.17) is 18.0 Å². The lowest BCUT2D eigenvalue weighted by Gasteiger charge is -2.06. The second-order valence-electron chi connectivity index (χ2n) is 2.63. The normalized spacial score (nSPS) is 10.4. The van der Waals surface area contributed by atoms with Crippen molar-refractivity contribution in [2.45, 2.75) is 0 Å². The minimum Gasteiger partial charge on any atom is -0.376 e. The topological polar surface area (TPSA) is 38.0 Å². The molecule has 0 fully saturated rings. The van der Waals surface area contributed by atoms with E-state index in [1.807, 2.05) is 36.4 Å². The molecule has 0 bridgehead atoms. The summed E-state index contributed by atoms with van der Waals surface area (Å²) in [7, 11) is 0. The van der Waals surface area contributed by atoms with Crippen LogP contribution >= 0.6 is 28.1 Å². The molecule has 0 saturated carbocycles. The Hall–Kier alpha value is -0.870. The third kappa shape index (κ3) is 3.47. The lowest BCUT2D eigenvalue weighted by Crippen LogP contribution is -2.19. The van der Waals surface area contributed by atoms with Gasteiger partial charge in [0.1, 0.15) is 0 Å². The van der Waals surface area contributed by atoms with Crippen molar-refractivity contribution in [3.8, 4) is 0 Å². The van der Waals surface area contributed by atoms with Crippen molar-refractivity contribution in [3.05, 3.63) is 35.9 Å². The maximum Gasteiger partial charge on any atom is 0.168 e. The number of allylic oxidation sites excluding steroid dienone is 1. The quantitative estimate of drug-likeness (QED) is 0.655. The summed E-state index contributed by atoms with van der Waals surface area (Å²) in [5.74, 6) is 0. The minimum atomic E-state index is 0.282. The summed E-state index contributed by atoms with van der Waals surface area (Å²) < 4.78 is 0. The zero-order valence-corrected chi connectivity index (χ0v) is 9.94. The zero-order chi connectivity index (χ0) is 10.4. The Morgan fingerprint density at radius 3 is 2.86 bits per heavy atom. The van der Waals surface area contributed by atoms with Gasteiger partial charge in [-0.1, -0.05) is 46.3 Å². The fourth-order valence-electron chi connectivity index (χ4n) is 1.06. The van der Waals surface area contributed by atoms with Crippen molar-refractivity contribution in [3.63, 3.8) is 0 Å². The second-order valence-corrected chi connectivity index (χ2v) is 3.72. The summed E-state index contributed by atoms with van der Waals surface area (Å²) in [6.45, 7) is 0. The fourth-order valence-corrected chi connectivity index (χ4v) is 1.36. The molecule has 3 N–H and O–H groups in total. The van der Waals surface area contributed by atoms with Gasteiger partial charge in [-0.3, -0.25) is 0 Å². The smallest absolute Gasteiger partial charge is 0.168 e. The largest absolute Gasteiger partial charge is 0.376 e. The molecule has 1 aromatic rings. The van der Waals surface area contributed by atoms with Gasteiger partial charge < -0.3 is 11.1 Å². The van der Waals surface area contributed by atoms with Crippen LogP contribution in [-0.4, -0.2) is 10.4 Å². The monoisotopic (exact) mass is 270 g/mol. The number of hydrogen-bond donors (Lipinski definition) is 2. The van der Waals surface area contributed by atoms with Crippen LogP contribution < -0.4 is 11.1 Å². The van der Waals surface area contributed by atoms with E-state index in [0.717, 1.165) is 16.6 Å². The molecule has 1 aromatic carbocycles. The molecule has 0 aliphatic heterocycles. The first kappa shape index (κ1) is 11.2. The molecule has 0 saturated heterocycles. The first-order valence-electron chi connectivity index (χ1n) is 4.12. The van der Waals surface area contributed by atoms with Gasteiger partial charge in [0.25, 0.3) is 0 Å². The first-order valence-corrected chi connectivity index (χ1v) is 5.65. The zero-order valence-electron chi connectivity index (χ0n) is 7.53. The maximum atomic E-state index is 5.41. The molecule has 0 heterocycles. The van der Waals surface area contributed by atoms with E-state index in [1.54, 1.807) is 0 Å². The molecule has 0 spiro atoms. The van der Waals surface area contributed by atoms with E-state index in [1.165, 1.54) is 0 Å². The molecule has 0 aliphatic carbocycles. The van der Waals surface area contributed by atoms with Gasteiger partial charge in [0.2, 0.25) is 0 Å². The average molecular weight is 271 g/mol. The van der Waals surface area contributed by atoms with Crippen LogP contribution in [0.3, 0.4) is 0 Å². The van der Waals surface area contributed by atoms with E-state index in [9.17, 15) is 0 Å². The highest BCUT2D eigenvalue weighted by molar-refractivity contribution is 9.09. The summed E-state index contributed by atoms with van der Waals surface area (Å²) in [6, 6.07) is 7.84. The molecule has 2 nitrogen and oxygen atoms in total. The van der Waals surface area contributed by atoms with E-state index >= 15 is 0 Å². The Balaban J connectivity index is 2.90. The number of anilines is 1. The lowest BCUT2D eigenvalue weighted by atomic mass is 10.1. The standard InChI is InChI=1S/C10H11BrN2S/c11-7-3-5-8-4-1-2-6-9(8)13-10(12)14/h1-6H,7H2,(H3,12,13,14). The molecule has 0 aliphatic rings. The number of hydrogen-bond acceptors (Lipinski definition) is 1. The van der Waals surface area contributed by atoms with Crippen LogP contribution in [0.15, 0.2) is 30.3 Å². The van der Waals surface area contributed by atoms with Crippen LogP contribution in [0.5, 0.6) is 0 Å². The maximum absolute atomic E-state index is 5.41. The van der Waals surface area contributed by atoms with Crippen LogP contribution in [0.25, 0.3) is 6.08 Å². The number of thiocarbonyl (C=S) groups is 1. The Kier molecular flexibility index (Phi) is 4.62. The molecule has 14 heavy (non-hydrogen) atoms. The van der Waals surface area contributed by atoms with Gasteiger partial charge in [-0.05, 0) is 23.8 Å². The van der Waals surface area contributed by atoms with Crippen molar-refractivity contribution in [2.75, 3.05) is 10.6 Å². The van der Waals surface area contributed by atoms with Gasteiger partial charge in [-0.15, -0.1) is 0 Å². The van der Waals surface area contributed by atoms with Crippen molar-refractivity contribution in [1.82, 2.24) is 0 Å². The van der Waals surface area contributed by atoms with Crippen molar-refractivity contribution < 1.29 is 0 Å². The average Bonchev–Trinajstić information content (AvgIpc) is 2.16. The van der Waals surface area contributed by atoms with Crippen LogP contribution in [-0.2, 0) is 0 Å². The molecule has 0 atom stereocenters. The van der Waals surface area contributed by atoms with Crippen LogP contribution in [0.1, 0.15) is 5.56 Å². The minimum absolute atomic E-state index is 0.282. The highest BCUT2D eigenvalue weighted by Gasteiger charge is 1.97. The van der Waals surface area contributed by atoms with Gasteiger partial charge in [0.15, 0.2) is 5.11 Å². The van der Waals surface area contributed by atoms with E-state index < -0.39 is 0 Å². The highest BCUT2D eigenvalue weighted by Crippen LogP contribution is 2.16. The highest BCUT2D eigenvalue weighted by atomic mass is 79.9. The summed E-state index contributed by atoms with van der Waals surface area (Å²) in [6.07, 6.45) is 4.02. The predicted molar refractivity (Wildman–Crippen MR) is 69.7 cm³/mol. The number of alkyl halides is 1. The van der Waals surface area contributed by atoms with Crippen LogP contribution in [0.2, 0.25) is 0 Å². The molecule has 0 aromatic heterocycles. The van der Waals surface area contributed by atoms with Gasteiger partial charge in [-0.25, -0.2) is 0 Å². The van der Waals surface area contributed by atoms with Gasteiger partial charge >= 0.3 is 0 Å². The molecule has 0 unspecified atom stereocenters. The van der Waals surface area contributed by atoms with Crippen molar-refractivity contribution in [1.29, 1.82) is 0 Å². The molecule has 1 rings (SSSR count). The Morgan fingerprint density at radius 1 is 1.50 bits per heavy atom. The Morgan fingerprint density at radius 2 is 2.21 bits per heavy atom. The summed E-state index contributed by atoms with van der Waals surface area (Å²) in [5.41, 5.74) is 7.41. The lowest BCUT2D eigenvalue weighted by molar-refractivity contribution is 1.57. The van der Waals surface area contributed by atoms with Gasteiger partial charge in [0.05, 0.1) is 0 Å². The van der Waals surface area contributed by atoms with E-state index in [2.05, 4.69) is 21.2 Å². The predicted octanol–water partition coefficient (Wildman–Crippen LogP) is 2.75. The number of nitrogens with one attached hydrogen (secondary N) is 1. The fraction of sp³-hybridized carbons (Fsp3) is 0.100. The molecule has 4 heteroatoms. The molecule has 0 amide bonds. The Bertz CT molecular complexity index is 350. The number of benzene rings is 1. The second kappa shape index (κ2) is 5.78. The molecular formula is C10H11BrN2S. The van der Waals surface area contributed by atoms with Gasteiger partial charge in [0, 0.05) is 11.0 Å². The van der Waals surface area contributed by atoms with Crippen molar-refractivity contribution in [2.24, 2.45) is 5.73 Å². The summed E-state index contributed by atoms with van der Waals surface area (Å²) in [4.78, 5) is 0. The molecule has 0 radical (unpaired) electrons. The molecular weight excluding hydrogens is 260 g/mol. The number of para-hydroxylation sites is 1. The van der Waals surface area contributed by atoms with E-state index in [-0.39, 0.29) is 5.11 Å². The van der Waals surface area contributed by atoms with Crippen LogP contribution in [0, 0.1) is 0 Å². The van der Waals surface area contributed by atoms with Crippen LogP contribution in [0.4, 0.5) is 5.69 Å². The summed E-state index contributed by atoms with van der Waals surface area (Å²) >= 11 is 8.11. The Labute approximate surface area is 97.3 Å². The number of rotatable bonds is 3. The van der Waals surface area contributed by atoms with Gasteiger partial charge in [-0.2, -0.15) is 0 Å². The molecule has 74 valence electrons.